The second kappa shape index (κ2) is 2.66. The van der Waals surface area contributed by atoms with Gasteiger partial charge in [0.1, 0.15) is 12.0 Å². The van der Waals surface area contributed by atoms with E-state index in [-0.39, 0.29) is 0 Å². The van der Waals surface area contributed by atoms with Crippen LogP contribution in [0.3, 0.4) is 0 Å². The van der Waals surface area contributed by atoms with Crippen LogP contribution in [-0.4, -0.2) is 16.3 Å². The normalized spacial score (nSPS) is 12.6. The molecule has 0 amide bonds. The fraction of sp³-hybridized carbons (Fsp3) is 0. The van der Waals surface area contributed by atoms with Gasteiger partial charge in [0.2, 0.25) is 0 Å². The molecule has 14 heavy (non-hydrogen) atoms. The lowest BCUT2D eigenvalue weighted by molar-refractivity contribution is 0.577. The zero-order valence-electron chi connectivity index (χ0n) is 7.08. The molecule has 0 bridgehead atoms. The molecule has 0 saturated carbocycles. The summed E-state index contributed by atoms with van der Waals surface area (Å²) in [5.41, 5.74) is 0.695. The maximum atomic E-state index is 5.17. The highest BCUT2D eigenvalue weighted by Crippen LogP contribution is 2.27. The highest BCUT2D eigenvalue weighted by molar-refractivity contribution is 5.79. The summed E-state index contributed by atoms with van der Waals surface area (Å²) in [6.07, 6.45) is 4.68. The number of hydrogen-bond donors (Lipinski definition) is 0. The van der Waals surface area contributed by atoms with Crippen molar-refractivity contribution in [2.75, 3.05) is 0 Å². The molecule has 67 valence electrons. The van der Waals surface area contributed by atoms with Crippen LogP contribution in [0.2, 0.25) is 0 Å². The first-order valence-corrected chi connectivity index (χ1v) is 4.08. The van der Waals surface area contributed by atoms with Gasteiger partial charge in [-0.2, -0.15) is 0 Å². The number of furan rings is 1. The highest BCUT2D eigenvalue weighted by Gasteiger charge is 2.12. The summed E-state index contributed by atoms with van der Waals surface area (Å²) in [7, 11) is 0. The third-order valence-electron chi connectivity index (χ3n) is 1.87. The number of aromatic nitrogens is 2. The van der Waals surface area contributed by atoms with Gasteiger partial charge in [0.15, 0.2) is 17.4 Å². The molecule has 0 atom stereocenters. The first-order valence-electron chi connectivity index (χ1n) is 4.08. The molecule has 0 N–H and O–H groups in total. The first kappa shape index (κ1) is 7.25. The lowest BCUT2D eigenvalue weighted by Crippen LogP contribution is -1.92. The third-order valence-corrected chi connectivity index (χ3v) is 1.87. The lowest BCUT2D eigenvalue weighted by atomic mass is 10.4. The lowest BCUT2D eigenvalue weighted by Gasteiger charge is -1.97. The van der Waals surface area contributed by atoms with Gasteiger partial charge in [0.25, 0.3) is 0 Å². The van der Waals surface area contributed by atoms with E-state index in [1.54, 1.807) is 24.6 Å². The van der Waals surface area contributed by atoms with Gasteiger partial charge in [-0.3, -0.25) is 0 Å². The van der Waals surface area contributed by atoms with Gasteiger partial charge < -0.3 is 4.42 Å². The number of rotatable bonds is 1. The molecule has 5 heteroatoms. The van der Waals surface area contributed by atoms with Crippen molar-refractivity contribution in [1.82, 2.24) is 15.3 Å². The van der Waals surface area contributed by atoms with Crippen molar-refractivity contribution >= 4 is 17.8 Å². The molecule has 2 aromatic rings. The highest BCUT2D eigenvalue weighted by atomic mass is 16.3. The van der Waals surface area contributed by atoms with Crippen LogP contribution < -0.4 is 5.32 Å². The minimum atomic E-state index is 0.531. The van der Waals surface area contributed by atoms with Crippen molar-refractivity contribution in [1.29, 1.82) is 0 Å². The predicted octanol–water partition coefficient (Wildman–Crippen LogP) is 1.65. The van der Waals surface area contributed by atoms with E-state index >= 15 is 0 Å². The second-order valence-electron chi connectivity index (χ2n) is 2.75. The smallest absolute Gasteiger partial charge is 0.197 e. The summed E-state index contributed by atoms with van der Waals surface area (Å²) in [5.74, 6) is 1.75. The Morgan fingerprint density at radius 3 is 3.14 bits per heavy atom. The summed E-state index contributed by atoms with van der Waals surface area (Å²) >= 11 is 0. The minimum Gasteiger partial charge on any atom is -0.461 e. The van der Waals surface area contributed by atoms with Gasteiger partial charge in [0, 0.05) is 0 Å². The van der Waals surface area contributed by atoms with Crippen LogP contribution in [0.15, 0.2) is 34.0 Å². The van der Waals surface area contributed by atoms with Gasteiger partial charge in [0.05, 0.1) is 12.5 Å². The Hall–Kier alpha value is -2.17. The first-order chi connectivity index (χ1) is 6.93. The van der Waals surface area contributed by atoms with E-state index in [1.807, 2.05) is 0 Å². The summed E-state index contributed by atoms with van der Waals surface area (Å²) in [6.45, 7) is 0. The molecule has 3 rings (SSSR count). The van der Waals surface area contributed by atoms with Crippen molar-refractivity contribution in [3.63, 3.8) is 0 Å². The van der Waals surface area contributed by atoms with E-state index < -0.39 is 0 Å². The molecule has 0 aliphatic carbocycles. The second-order valence-corrected chi connectivity index (χ2v) is 2.75. The van der Waals surface area contributed by atoms with Gasteiger partial charge in [-0.05, 0) is 12.1 Å². The Morgan fingerprint density at radius 1 is 1.29 bits per heavy atom. The van der Waals surface area contributed by atoms with Gasteiger partial charge in [-0.15, -0.1) is 0 Å². The Balaban J connectivity index is 2.11. The average Bonchev–Trinajstić information content (AvgIpc) is 2.88. The van der Waals surface area contributed by atoms with Crippen molar-refractivity contribution < 1.29 is 4.42 Å². The molecule has 2 aromatic heterocycles. The van der Waals surface area contributed by atoms with E-state index in [0.717, 1.165) is 0 Å². The van der Waals surface area contributed by atoms with E-state index in [1.165, 1.54) is 6.34 Å². The van der Waals surface area contributed by atoms with Crippen molar-refractivity contribution in [3.05, 3.63) is 24.6 Å². The molecule has 3 heterocycles. The van der Waals surface area contributed by atoms with E-state index in [2.05, 4.69) is 20.3 Å². The zero-order valence-corrected chi connectivity index (χ0v) is 7.08. The molecule has 1 radical (unpaired) electrons. The summed E-state index contributed by atoms with van der Waals surface area (Å²) in [6, 6.07) is 3.59. The molecule has 5 nitrogen and oxygen atoms in total. The standard InChI is InChI=1S/C9H5N4O/c1-2-7(14-3-1)9-10-4-6-8(13-9)12-5-11-6/h1-5H. The van der Waals surface area contributed by atoms with Crippen LogP contribution in [0, 0.1) is 0 Å². The van der Waals surface area contributed by atoms with Crippen molar-refractivity contribution in [3.8, 4) is 11.6 Å². The number of nitrogens with zero attached hydrogens (tertiary/aromatic N) is 4. The monoisotopic (exact) mass is 185 g/mol. The Bertz CT molecular complexity index is 490. The maximum absolute atomic E-state index is 5.17. The fourth-order valence-corrected chi connectivity index (χ4v) is 1.22. The topological polar surface area (TPSA) is 65.4 Å². The largest absolute Gasteiger partial charge is 0.461 e. The Kier molecular flexibility index (Phi) is 1.38. The molecule has 1 aliphatic heterocycles. The van der Waals surface area contributed by atoms with E-state index in [4.69, 9.17) is 4.42 Å². The fourth-order valence-electron chi connectivity index (χ4n) is 1.22. The van der Waals surface area contributed by atoms with Crippen LogP contribution in [0.5, 0.6) is 0 Å². The molecule has 0 aromatic carbocycles. The Labute approximate surface area is 79.5 Å². The number of fused-ring (bicyclic) bond motifs is 1. The summed E-state index contributed by atoms with van der Waals surface area (Å²) in [4.78, 5) is 12.3. The molecule has 0 saturated heterocycles. The van der Waals surface area contributed by atoms with Crippen molar-refractivity contribution in [2.45, 2.75) is 0 Å². The zero-order chi connectivity index (χ0) is 9.38. The van der Waals surface area contributed by atoms with Gasteiger partial charge >= 0.3 is 0 Å². The molecule has 0 fully saturated rings. The van der Waals surface area contributed by atoms with Crippen LogP contribution in [-0.2, 0) is 0 Å². The van der Waals surface area contributed by atoms with Crippen LogP contribution in [0.25, 0.3) is 11.6 Å². The molecule has 0 spiro atoms. The van der Waals surface area contributed by atoms with E-state index in [9.17, 15) is 0 Å². The molecular weight excluding hydrogens is 180 g/mol. The minimum absolute atomic E-state index is 0.531. The SMILES string of the molecule is C1=Nc2cnc(-c3ccco3)nc2[N]1. The summed E-state index contributed by atoms with van der Waals surface area (Å²) < 4.78 is 5.17. The number of hydrogen-bond acceptors (Lipinski definition) is 4. The maximum Gasteiger partial charge on any atom is 0.197 e. The quantitative estimate of drug-likeness (QED) is 0.678. The number of aliphatic imine (C=N–C) groups is 1. The van der Waals surface area contributed by atoms with E-state index in [0.29, 0.717) is 23.1 Å². The average molecular weight is 185 g/mol. The Morgan fingerprint density at radius 2 is 2.29 bits per heavy atom. The predicted molar refractivity (Wildman–Crippen MR) is 49.7 cm³/mol. The molecule has 1 aliphatic rings. The molecule has 0 unspecified atom stereocenters. The van der Waals surface area contributed by atoms with Crippen LogP contribution in [0.1, 0.15) is 0 Å². The summed E-state index contributed by atoms with van der Waals surface area (Å²) in [5, 5.41) is 3.99. The third kappa shape index (κ3) is 0.990. The van der Waals surface area contributed by atoms with Crippen LogP contribution >= 0.6 is 0 Å². The van der Waals surface area contributed by atoms with Crippen molar-refractivity contribution in [2.24, 2.45) is 4.99 Å². The molecular formula is C9H5N4O. The van der Waals surface area contributed by atoms with Gasteiger partial charge in [-0.1, -0.05) is 0 Å². The van der Waals surface area contributed by atoms with Crippen LogP contribution in [0.4, 0.5) is 11.5 Å². The van der Waals surface area contributed by atoms with Gasteiger partial charge in [-0.25, -0.2) is 20.3 Å².